The summed E-state index contributed by atoms with van der Waals surface area (Å²) in [5.74, 6) is 1.60. The summed E-state index contributed by atoms with van der Waals surface area (Å²) in [5, 5.41) is 0. The van der Waals surface area contributed by atoms with Crippen LogP contribution in [0.2, 0.25) is 0 Å². The zero-order chi connectivity index (χ0) is 14.9. The summed E-state index contributed by atoms with van der Waals surface area (Å²) in [4.78, 5) is 0. The zero-order valence-corrected chi connectivity index (χ0v) is 13.3. The first kappa shape index (κ1) is 16.2. The number of ether oxygens (including phenoxy) is 3. The van der Waals surface area contributed by atoms with Crippen LogP contribution in [0.4, 0.5) is 0 Å². The van der Waals surface area contributed by atoms with Crippen LogP contribution in [0.1, 0.15) is 44.1 Å². The Labute approximate surface area is 128 Å². The molecule has 1 atom stereocenters. The predicted molar refractivity (Wildman–Crippen MR) is 85.0 cm³/mol. The largest absolute Gasteiger partial charge is 0.493 e. The van der Waals surface area contributed by atoms with Crippen LogP contribution in [0.25, 0.3) is 0 Å². The van der Waals surface area contributed by atoms with Crippen LogP contribution in [0.3, 0.4) is 0 Å². The van der Waals surface area contributed by atoms with Crippen molar-refractivity contribution in [2.45, 2.75) is 51.0 Å². The van der Waals surface area contributed by atoms with Gasteiger partial charge in [0.05, 0.1) is 20.3 Å². The summed E-state index contributed by atoms with van der Waals surface area (Å²) in [6, 6.07) is 6.15. The van der Waals surface area contributed by atoms with Gasteiger partial charge in [-0.1, -0.05) is 18.9 Å². The molecule has 117 valence electrons. The van der Waals surface area contributed by atoms with Gasteiger partial charge in [0, 0.05) is 6.61 Å². The van der Waals surface area contributed by atoms with Crippen molar-refractivity contribution in [1.29, 1.82) is 0 Å². The van der Waals surface area contributed by atoms with Gasteiger partial charge in [-0.25, -0.2) is 0 Å². The van der Waals surface area contributed by atoms with Gasteiger partial charge >= 0.3 is 0 Å². The van der Waals surface area contributed by atoms with E-state index < -0.39 is 0 Å². The molecule has 0 heterocycles. The van der Waals surface area contributed by atoms with Gasteiger partial charge in [-0.15, -0.1) is 0 Å². The molecule has 0 N–H and O–H groups in total. The lowest BCUT2D eigenvalue weighted by atomic mass is 9.98. The highest BCUT2D eigenvalue weighted by molar-refractivity contribution is 5.42. The van der Waals surface area contributed by atoms with Crippen LogP contribution in [-0.4, -0.2) is 26.9 Å². The molecule has 1 aliphatic carbocycles. The van der Waals surface area contributed by atoms with Crippen LogP contribution in [0.15, 0.2) is 18.2 Å². The Morgan fingerprint density at radius 3 is 2.62 bits per heavy atom. The Balaban J connectivity index is 1.66. The summed E-state index contributed by atoms with van der Waals surface area (Å²) >= 11 is 0. The molecule has 0 unspecified atom stereocenters. The molecular weight excluding hydrogens is 264 g/mol. The van der Waals surface area contributed by atoms with Crippen molar-refractivity contribution in [2.75, 3.05) is 20.8 Å². The Bertz CT molecular complexity index is 411. The van der Waals surface area contributed by atoms with E-state index in [0.29, 0.717) is 6.10 Å². The number of aryl methyl sites for hydroxylation is 1. The van der Waals surface area contributed by atoms with E-state index in [0.717, 1.165) is 37.4 Å². The van der Waals surface area contributed by atoms with Crippen molar-refractivity contribution < 1.29 is 14.2 Å². The zero-order valence-electron chi connectivity index (χ0n) is 13.3. The fourth-order valence-corrected chi connectivity index (χ4v) is 2.76. The summed E-state index contributed by atoms with van der Waals surface area (Å²) in [6.45, 7) is 0.870. The second-order valence-corrected chi connectivity index (χ2v) is 5.58. The van der Waals surface area contributed by atoms with E-state index in [9.17, 15) is 0 Å². The number of methoxy groups -OCH3 is 2. The lowest BCUT2D eigenvalue weighted by Gasteiger charge is -2.21. The van der Waals surface area contributed by atoms with Gasteiger partial charge in [0.25, 0.3) is 0 Å². The molecule has 2 rings (SSSR count). The summed E-state index contributed by atoms with van der Waals surface area (Å²) in [7, 11) is 3.34. The van der Waals surface area contributed by atoms with Gasteiger partial charge in [-0.05, 0) is 56.2 Å². The number of hydrogen-bond acceptors (Lipinski definition) is 3. The van der Waals surface area contributed by atoms with E-state index in [1.54, 1.807) is 14.2 Å². The third-order valence-corrected chi connectivity index (χ3v) is 4.01. The second-order valence-electron chi connectivity index (χ2n) is 5.58. The van der Waals surface area contributed by atoms with E-state index in [4.69, 9.17) is 14.2 Å². The molecular formula is C18H27O3. The molecule has 1 aliphatic rings. The third kappa shape index (κ3) is 5.24. The van der Waals surface area contributed by atoms with E-state index in [1.165, 1.54) is 31.2 Å². The molecule has 3 heteroatoms. The maximum Gasteiger partial charge on any atom is 0.160 e. The monoisotopic (exact) mass is 291 g/mol. The van der Waals surface area contributed by atoms with E-state index in [-0.39, 0.29) is 0 Å². The maximum absolute atomic E-state index is 5.90. The minimum Gasteiger partial charge on any atom is -0.493 e. The number of benzene rings is 1. The molecule has 1 aromatic rings. The molecule has 0 spiro atoms. The first-order valence-corrected chi connectivity index (χ1v) is 7.99. The number of hydrogen-bond donors (Lipinski definition) is 0. The van der Waals surface area contributed by atoms with Gasteiger partial charge in [-0.3, -0.25) is 0 Å². The Morgan fingerprint density at radius 1 is 1.05 bits per heavy atom. The predicted octanol–water partition coefficient (Wildman–Crippen LogP) is 4.19. The lowest BCUT2D eigenvalue weighted by molar-refractivity contribution is 0.0552. The molecule has 1 saturated carbocycles. The van der Waals surface area contributed by atoms with Gasteiger partial charge in [-0.2, -0.15) is 0 Å². The average Bonchev–Trinajstić information content (AvgIpc) is 2.55. The van der Waals surface area contributed by atoms with Crippen LogP contribution >= 0.6 is 0 Å². The second kappa shape index (κ2) is 8.93. The van der Waals surface area contributed by atoms with E-state index in [2.05, 4.69) is 18.6 Å². The van der Waals surface area contributed by atoms with Crippen LogP contribution in [0, 0.1) is 6.42 Å². The van der Waals surface area contributed by atoms with Crippen molar-refractivity contribution in [3.8, 4) is 11.5 Å². The molecule has 0 amide bonds. The van der Waals surface area contributed by atoms with Crippen molar-refractivity contribution in [3.05, 3.63) is 30.2 Å². The molecule has 1 aromatic carbocycles. The number of unbranched alkanes of at least 4 members (excludes halogenated alkanes) is 1. The van der Waals surface area contributed by atoms with Gasteiger partial charge < -0.3 is 14.2 Å². The summed E-state index contributed by atoms with van der Waals surface area (Å²) in [6.07, 6.45) is 11.1. The first-order valence-electron chi connectivity index (χ1n) is 7.99. The molecule has 0 saturated heterocycles. The van der Waals surface area contributed by atoms with Gasteiger partial charge in [0.2, 0.25) is 0 Å². The Morgan fingerprint density at radius 2 is 1.90 bits per heavy atom. The van der Waals surface area contributed by atoms with Crippen LogP contribution in [-0.2, 0) is 11.2 Å². The van der Waals surface area contributed by atoms with Crippen LogP contribution in [0.5, 0.6) is 11.5 Å². The molecule has 0 aromatic heterocycles. The molecule has 1 fully saturated rings. The van der Waals surface area contributed by atoms with Crippen molar-refractivity contribution in [1.82, 2.24) is 0 Å². The van der Waals surface area contributed by atoms with Gasteiger partial charge in [0.15, 0.2) is 11.5 Å². The molecule has 0 aliphatic heterocycles. The van der Waals surface area contributed by atoms with Crippen molar-refractivity contribution >= 4 is 0 Å². The minimum absolute atomic E-state index is 0.403. The molecule has 0 bridgehead atoms. The number of rotatable bonds is 8. The van der Waals surface area contributed by atoms with Crippen LogP contribution < -0.4 is 9.47 Å². The summed E-state index contributed by atoms with van der Waals surface area (Å²) < 4.78 is 16.5. The Kier molecular flexibility index (Phi) is 6.87. The quantitative estimate of drug-likeness (QED) is 0.672. The fraction of sp³-hybridized carbons (Fsp3) is 0.611. The maximum atomic E-state index is 5.90. The average molecular weight is 291 g/mol. The highest BCUT2D eigenvalue weighted by Crippen LogP contribution is 2.28. The fourth-order valence-electron chi connectivity index (χ4n) is 2.76. The Hall–Kier alpha value is -1.22. The highest BCUT2D eigenvalue weighted by Gasteiger charge is 2.13. The van der Waals surface area contributed by atoms with E-state index in [1.807, 2.05) is 6.07 Å². The summed E-state index contributed by atoms with van der Waals surface area (Å²) in [5.41, 5.74) is 1.29. The third-order valence-electron chi connectivity index (χ3n) is 4.01. The molecule has 3 nitrogen and oxygen atoms in total. The minimum atomic E-state index is 0.403. The SMILES string of the molecule is COc1ccc(CCCCO[C@H]2[CH]CCCC2)cc1OC. The molecule has 1 radical (unpaired) electrons. The smallest absolute Gasteiger partial charge is 0.160 e. The standard InChI is InChI=1S/C18H27O3/c1-19-17-12-11-15(14-18(17)20-2)8-6-7-13-21-16-9-4-3-5-10-16/h9,11-12,14,16H,3-8,10,13H2,1-2H3/t16-/m0/s1. The topological polar surface area (TPSA) is 27.7 Å². The first-order chi connectivity index (χ1) is 10.3. The lowest BCUT2D eigenvalue weighted by Crippen LogP contribution is -2.17. The van der Waals surface area contributed by atoms with Crippen molar-refractivity contribution in [3.63, 3.8) is 0 Å². The normalized spacial score (nSPS) is 15.9. The van der Waals surface area contributed by atoms with E-state index >= 15 is 0 Å². The van der Waals surface area contributed by atoms with Gasteiger partial charge in [0.1, 0.15) is 0 Å². The highest BCUT2D eigenvalue weighted by atomic mass is 16.5. The van der Waals surface area contributed by atoms with Crippen molar-refractivity contribution in [2.24, 2.45) is 0 Å². The molecule has 21 heavy (non-hydrogen) atoms.